The molecule has 2 N–H and O–H groups in total. The second-order valence-electron chi connectivity index (χ2n) is 4.77. The van der Waals surface area contributed by atoms with Crippen molar-refractivity contribution in [3.63, 3.8) is 0 Å². The van der Waals surface area contributed by atoms with Crippen molar-refractivity contribution in [1.29, 1.82) is 0 Å². The van der Waals surface area contributed by atoms with Gasteiger partial charge in [0.05, 0.1) is 6.54 Å². The number of hydrogen-bond donors (Lipinski definition) is 1. The highest BCUT2D eigenvalue weighted by Crippen LogP contribution is 2.26. The molecule has 0 aliphatic rings. The van der Waals surface area contributed by atoms with Crippen LogP contribution in [-0.2, 0) is 18.8 Å². The third-order valence-electron chi connectivity index (χ3n) is 3.53. The molecule has 0 saturated heterocycles. The zero-order chi connectivity index (χ0) is 14.7. The van der Waals surface area contributed by atoms with Crippen LogP contribution in [-0.4, -0.2) is 14.8 Å². The van der Waals surface area contributed by atoms with E-state index in [1.165, 1.54) is 16.3 Å². The molecule has 4 nitrogen and oxygen atoms in total. The summed E-state index contributed by atoms with van der Waals surface area (Å²) in [4.78, 5) is 0. The summed E-state index contributed by atoms with van der Waals surface area (Å²) >= 11 is 1.71. The quantitative estimate of drug-likeness (QED) is 0.735. The first-order valence-electron chi connectivity index (χ1n) is 7.05. The molecular formula is C16H18N4S. The molecule has 0 fully saturated rings. The van der Waals surface area contributed by atoms with Gasteiger partial charge in [0, 0.05) is 12.3 Å². The van der Waals surface area contributed by atoms with E-state index in [0.717, 1.165) is 23.3 Å². The Morgan fingerprint density at radius 3 is 2.71 bits per heavy atom. The van der Waals surface area contributed by atoms with Crippen LogP contribution < -0.4 is 5.73 Å². The SMILES string of the molecule is CCn1c(CN)nnc1SCc1cccc2ccccc12. The normalized spacial score (nSPS) is 11.1. The number of rotatable bonds is 5. The molecule has 2 aromatic carbocycles. The van der Waals surface area contributed by atoms with E-state index in [2.05, 4.69) is 64.2 Å². The largest absolute Gasteiger partial charge is 0.324 e. The van der Waals surface area contributed by atoms with E-state index in [-0.39, 0.29) is 0 Å². The van der Waals surface area contributed by atoms with Gasteiger partial charge in [-0.25, -0.2) is 0 Å². The standard InChI is InChI=1S/C16H18N4S/c1-2-20-15(10-17)18-19-16(20)21-11-13-8-5-7-12-6-3-4-9-14(12)13/h3-9H,2,10-11,17H2,1H3. The molecule has 1 heterocycles. The third kappa shape index (κ3) is 2.80. The lowest BCUT2D eigenvalue weighted by atomic mass is 10.1. The van der Waals surface area contributed by atoms with Gasteiger partial charge in [-0.2, -0.15) is 0 Å². The van der Waals surface area contributed by atoms with E-state index in [1.807, 2.05) is 0 Å². The van der Waals surface area contributed by atoms with Gasteiger partial charge in [0.1, 0.15) is 5.82 Å². The van der Waals surface area contributed by atoms with Crippen molar-refractivity contribution in [3.05, 3.63) is 53.9 Å². The van der Waals surface area contributed by atoms with E-state index in [0.29, 0.717) is 6.54 Å². The summed E-state index contributed by atoms with van der Waals surface area (Å²) in [7, 11) is 0. The predicted molar refractivity (Wildman–Crippen MR) is 87.1 cm³/mol. The van der Waals surface area contributed by atoms with Crippen molar-refractivity contribution in [1.82, 2.24) is 14.8 Å². The topological polar surface area (TPSA) is 56.7 Å². The number of fused-ring (bicyclic) bond motifs is 1. The fourth-order valence-corrected chi connectivity index (χ4v) is 3.48. The summed E-state index contributed by atoms with van der Waals surface area (Å²) < 4.78 is 2.08. The summed E-state index contributed by atoms with van der Waals surface area (Å²) in [6.07, 6.45) is 0. The van der Waals surface area contributed by atoms with E-state index in [4.69, 9.17) is 5.73 Å². The van der Waals surface area contributed by atoms with Crippen LogP contribution in [0.1, 0.15) is 18.3 Å². The molecular weight excluding hydrogens is 280 g/mol. The summed E-state index contributed by atoms with van der Waals surface area (Å²) in [5.74, 6) is 1.72. The van der Waals surface area contributed by atoms with Crippen molar-refractivity contribution in [2.75, 3.05) is 0 Å². The maximum Gasteiger partial charge on any atom is 0.191 e. The molecule has 3 aromatic rings. The van der Waals surface area contributed by atoms with Gasteiger partial charge >= 0.3 is 0 Å². The highest BCUT2D eigenvalue weighted by atomic mass is 32.2. The van der Waals surface area contributed by atoms with Gasteiger partial charge in [0.2, 0.25) is 0 Å². The van der Waals surface area contributed by atoms with Gasteiger partial charge in [-0.1, -0.05) is 54.2 Å². The molecule has 0 unspecified atom stereocenters. The van der Waals surface area contributed by atoms with Gasteiger partial charge in [0.15, 0.2) is 5.16 Å². The maximum atomic E-state index is 5.69. The van der Waals surface area contributed by atoms with Crippen molar-refractivity contribution in [2.45, 2.75) is 30.9 Å². The third-order valence-corrected chi connectivity index (χ3v) is 4.54. The van der Waals surface area contributed by atoms with Crippen LogP contribution in [0.4, 0.5) is 0 Å². The Labute approximate surface area is 128 Å². The minimum atomic E-state index is 0.426. The molecule has 0 radical (unpaired) electrons. The zero-order valence-corrected chi connectivity index (χ0v) is 12.8. The first-order valence-corrected chi connectivity index (χ1v) is 8.03. The minimum Gasteiger partial charge on any atom is -0.324 e. The highest BCUT2D eigenvalue weighted by Gasteiger charge is 2.10. The van der Waals surface area contributed by atoms with Crippen molar-refractivity contribution >= 4 is 22.5 Å². The second kappa shape index (κ2) is 6.28. The first-order chi connectivity index (χ1) is 10.3. The molecule has 0 aliphatic heterocycles. The summed E-state index contributed by atoms with van der Waals surface area (Å²) in [5.41, 5.74) is 7.01. The molecule has 0 bridgehead atoms. The van der Waals surface area contributed by atoms with Crippen LogP contribution >= 0.6 is 11.8 Å². The van der Waals surface area contributed by atoms with E-state index >= 15 is 0 Å². The Morgan fingerprint density at radius 1 is 1.10 bits per heavy atom. The van der Waals surface area contributed by atoms with Crippen LogP contribution in [0.5, 0.6) is 0 Å². The van der Waals surface area contributed by atoms with Crippen molar-refractivity contribution in [2.24, 2.45) is 5.73 Å². The molecule has 1 aromatic heterocycles. The van der Waals surface area contributed by atoms with Gasteiger partial charge in [-0.3, -0.25) is 0 Å². The van der Waals surface area contributed by atoms with Gasteiger partial charge in [-0.05, 0) is 23.3 Å². The Bertz CT molecular complexity index is 746. The van der Waals surface area contributed by atoms with Crippen LogP contribution in [0.2, 0.25) is 0 Å². The maximum absolute atomic E-state index is 5.69. The summed E-state index contributed by atoms with van der Waals surface area (Å²) in [6.45, 7) is 3.36. The van der Waals surface area contributed by atoms with Crippen LogP contribution in [0, 0.1) is 0 Å². The average Bonchev–Trinajstić information content (AvgIpc) is 2.94. The van der Waals surface area contributed by atoms with E-state index in [9.17, 15) is 0 Å². The van der Waals surface area contributed by atoms with Crippen LogP contribution in [0.25, 0.3) is 10.8 Å². The molecule has 0 aliphatic carbocycles. The fourth-order valence-electron chi connectivity index (χ4n) is 2.46. The summed E-state index contributed by atoms with van der Waals surface area (Å²) in [6, 6.07) is 14.9. The van der Waals surface area contributed by atoms with Crippen molar-refractivity contribution in [3.8, 4) is 0 Å². The van der Waals surface area contributed by atoms with Crippen LogP contribution in [0.15, 0.2) is 47.6 Å². The van der Waals surface area contributed by atoms with Crippen LogP contribution in [0.3, 0.4) is 0 Å². The van der Waals surface area contributed by atoms with Crippen molar-refractivity contribution < 1.29 is 0 Å². The molecule has 21 heavy (non-hydrogen) atoms. The molecule has 0 spiro atoms. The number of nitrogens with zero attached hydrogens (tertiary/aromatic N) is 3. The minimum absolute atomic E-state index is 0.426. The fraction of sp³-hybridized carbons (Fsp3) is 0.250. The zero-order valence-electron chi connectivity index (χ0n) is 12.0. The monoisotopic (exact) mass is 298 g/mol. The van der Waals surface area contributed by atoms with Gasteiger partial charge in [-0.15, -0.1) is 10.2 Å². The molecule has 108 valence electrons. The van der Waals surface area contributed by atoms with Gasteiger partial charge in [0.25, 0.3) is 0 Å². The average molecular weight is 298 g/mol. The van der Waals surface area contributed by atoms with Gasteiger partial charge < -0.3 is 10.3 Å². The molecule has 5 heteroatoms. The predicted octanol–water partition coefficient (Wildman–Crippen LogP) is 3.20. The number of thioether (sulfide) groups is 1. The lowest BCUT2D eigenvalue weighted by Crippen LogP contribution is -2.08. The molecule has 3 rings (SSSR count). The molecule has 0 atom stereocenters. The Balaban J connectivity index is 1.85. The van der Waals surface area contributed by atoms with E-state index < -0.39 is 0 Å². The lowest BCUT2D eigenvalue weighted by molar-refractivity contribution is 0.643. The first kappa shape index (κ1) is 14.1. The molecule has 0 saturated carbocycles. The van der Waals surface area contributed by atoms with E-state index in [1.54, 1.807) is 11.8 Å². The second-order valence-corrected chi connectivity index (χ2v) is 5.72. The Morgan fingerprint density at radius 2 is 1.90 bits per heavy atom. The number of benzene rings is 2. The Hall–Kier alpha value is -1.85. The number of aromatic nitrogens is 3. The molecule has 0 amide bonds. The smallest absolute Gasteiger partial charge is 0.191 e. The number of nitrogens with two attached hydrogens (primary N) is 1. The highest BCUT2D eigenvalue weighted by molar-refractivity contribution is 7.98. The number of hydrogen-bond acceptors (Lipinski definition) is 4. The summed E-state index contributed by atoms with van der Waals surface area (Å²) in [5, 5.41) is 11.9. The lowest BCUT2D eigenvalue weighted by Gasteiger charge is -2.08. The Kier molecular flexibility index (Phi) is 4.22.